The highest BCUT2D eigenvalue weighted by Crippen LogP contribution is 2.08. The van der Waals surface area contributed by atoms with E-state index in [1.165, 1.54) is 5.56 Å². The summed E-state index contributed by atoms with van der Waals surface area (Å²) in [5.41, 5.74) is 3.30. The summed E-state index contributed by atoms with van der Waals surface area (Å²) in [5.74, 6) is 0. The van der Waals surface area contributed by atoms with Crippen LogP contribution in [-0.2, 0) is 11.4 Å². The van der Waals surface area contributed by atoms with Crippen LogP contribution in [0.4, 0.5) is 0 Å². The lowest BCUT2D eigenvalue weighted by atomic mass is 10.1. The van der Waals surface area contributed by atoms with Crippen LogP contribution in [0.5, 0.6) is 0 Å². The minimum atomic E-state index is 0.478. The second-order valence-electron chi connectivity index (χ2n) is 4.05. The van der Waals surface area contributed by atoms with Crippen LogP contribution in [-0.4, -0.2) is 6.21 Å². The zero-order chi connectivity index (χ0) is 12.8. The van der Waals surface area contributed by atoms with Crippen LogP contribution >= 0.6 is 11.6 Å². The summed E-state index contributed by atoms with van der Waals surface area (Å²) >= 11 is 5.79. The molecule has 0 spiro atoms. The van der Waals surface area contributed by atoms with Crippen LogP contribution in [0, 0.1) is 6.92 Å². The van der Waals surface area contributed by atoms with Crippen LogP contribution in [0.3, 0.4) is 0 Å². The Bertz CT molecular complexity index is 534. The molecule has 0 fully saturated rings. The van der Waals surface area contributed by atoms with Crippen molar-refractivity contribution in [3.8, 4) is 0 Å². The SMILES string of the molecule is Cc1cccc(CON=Cc2ccc(Cl)cc2)c1. The van der Waals surface area contributed by atoms with E-state index in [-0.39, 0.29) is 0 Å². The molecule has 0 aliphatic rings. The topological polar surface area (TPSA) is 21.6 Å². The molecule has 92 valence electrons. The average molecular weight is 260 g/mol. The van der Waals surface area contributed by atoms with Gasteiger partial charge in [0.25, 0.3) is 0 Å². The lowest BCUT2D eigenvalue weighted by molar-refractivity contribution is 0.132. The number of oxime groups is 1. The smallest absolute Gasteiger partial charge is 0.142 e. The predicted octanol–water partition coefficient (Wildman–Crippen LogP) is 4.20. The molecule has 0 bridgehead atoms. The van der Waals surface area contributed by atoms with E-state index >= 15 is 0 Å². The fraction of sp³-hybridized carbons (Fsp3) is 0.133. The van der Waals surface area contributed by atoms with E-state index < -0.39 is 0 Å². The monoisotopic (exact) mass is 259 g/mol. The van der Waals surface area contributed by atoms with Gasteiger partial charge in [0, 0.05) is 5.02 Å². The first-order chi connectivity index (χ1) is 8.74. The Balaban J connectivity index is 1.87. The van der Waals surface area contributed by atoms with Crippen molar-refractivity contribution in [2.45, 2.75) is 13.5 Å². The van der Waals surface area contributed by atoms with Crippen LogP contribution in [0.15, 0.2) is 53.7 Å². The Kier molecular flexibility index (Phi) is 4.37. The summed E-state index contributed by atoms with van der Waals surface area (Å²) < 4.78 is 0. The highest BCUT2D eigenvalue weighted by atomic mass is 35.5. The fourth-order valence-corrected chi connectivity index (χ4v) is 1.69. The van der Waals surface area contributed by atoms with Gasteiger partial charge < -0.3 is 4.84 Å². The van der Waals surface area contributed by atoms with Gasteiger partial charge in [-0.2, -0.15) is 0 Å². The maximum absolute atomic E-state index is 5.79. The van der Waals surface area contributed by atoms with Gasteiger partial charge in [0.1, 0.15) is 6.61 Å². The molecule has 0 saturated carbocycles. The molecule has 18 heavy (non-hydrogen) atoms. The Morgan fingerprint density at radius 3 is 2.67 bits per heavy atom. The summed E-state index contributed by atoms with van der Waals surface area (Å²) in [5, 5.41) is 4.64. The third-order valence-electron chi connectivity index (χ3n) is 2.46. The predicted molar refractivity (Wildman–Crippen MR) is 75.0 cm³/mol. The maximum Gasteiger partial charge on any atom is 0.142 e. The number of hydrogen-bond donors (Lipinski definition) is 0. The van der Waals surface area contributed by atoms with Gasteiger partial charge in [0.05, 0.1) is 6.21 Å². The van der Waals surface area contributed by atoms with Gasteiger partial charge in [-0.3, -0.25) is 0 Å². The Hall–Kier alpha value is -1.80. The Morgan fingerprint density at radius 1 is 1.17 bits per heavy atom. The number of nitrogens with zero attached hydrogens (tertiary/aromatic N) is 1. The number of rotatable bonds is 4. The van der Waals surface area contributed by atoms with E-state index in [1.54, 1.807) is 6.21 Å². The molecule has 2 rings (SSSR count). The molecule has 0 N–H and O–H groups in total. The minimum Gasteiger partial charge on any atom is -0.391 e. The molecule has 0 unspecified atom stereocenters. The van der Waals surface area contributed by atoms with Gasteiger partial charge >= 0.3 is 0 Å². The molecule has 0 atom stereocenters. The van der Waals surface area contributed by atoms with Gasteiger partial charge in [0.2, 0.25) is 0 Å². The second kappa shape index (κ2) is 6.22. The van der Waals surface area contributed by atoms with Crippen molar-refractivity contribution in [3.05, 3.63) is 70.2 Å². The first-order valence-electron chi connectivity index (χ1n) is 5.70. The van der Waals surface area contributed by atoms with E-state index in [4.69, 9.17) is 16.4 Å². The quantitative estimate of drug-likeness (QED) is 0.596. The first-order valence-corrected chi connectivity index (χ1v) is 6.08. The summed E-state index contributed by atoms with van der Waals surface area (Å²) in [6.45, 7) is 2.53. The van der Waals surface area contributed by atoms with Gasteiger partial charge in [-0.15, -0.1) is 0 Å². The van der Waals surface area contributed by atoms with E-state index in [0.29, 0.717) is 11.6 Å². The van der Waals surface area contributed by atoms with Crippen molar-refractivity contribution in [1.29, 1.82) is 0 Å². The number of benzene rings is 2. The molecule has 0 saturated heterocycles. The van der Waals surface area contributed by atoms with Crippen molar-refractivity contribution in [3.63, 3.8) is 0 Å². The Morgan fingerprint density at radius 2 is 1.94 bits per heavy atom. The third kappa shape index (κ3) is 3.90. The second-order valence-corrected chi connectivity index (χ2v) is 4.48. The van der Waals surface area contributed by atoms with Crippen LogP contribution in [0.2, 0.25) is 5.02 Å². The van der Waals surface area contributed by atoms with Gasteiger partial charge in [0.15, 0.2) is 0 Å². The molecule has 3 heteroatoms. The number of halogens is 1. The molecule has 0 amide bonds. The van der Waals surface area contributed by atoms with Gasteiger partial charge in [-0.05, 0) is 30.2 Å². The molecular weight excluding hydrogens is 246 g/mol. The van der Waals surface area contributed by atoms with E-state index in [1.807, 2.05) is 36.4 Å². The molecule has 0 radical (unpaired) electrons. The number of hydrogen-bond acceptors (Lipinski definition) is 2. The van der Waals surface area contributed by atoms with Crippen molar-refractivity contribution in [1.82, 2.24) is 0 Å². The molecular formula is C15H14ClNO. The van der Waals surface area contributed by atoms with E-state index in [2.05, 4.69) is 24.2 Å². The molecule has 0 aromatic heterocycles. The van der Waals surface area contributed by atoms with Crippen LogP contribution in [0.1, 0.15) is 16.7 Å². The highest BCUT2D eigenvalue weighted by Gasteiger charge is 1.93. The lowest BCUT2D eigenvalue weighted by Gasteiger charge is -2.00. The van der Waals surface area contributed by atoms with Gasteiger partial charge in [-0.1, -0.05) is 58.7 Å². The Labute approximate surface area is 112 Å². The fourth-order valence-electron chi connectivity index (χ4n) is 1.56. The molecule has 0 aliphatic heterocycles. The van der Waals surface area contributed by atoms with E-state index in [9.17, 15) is 0 Å². The zero-order valence-electron chi connectivity index (χ0n) is 10.1. The first kappa shape index (κ1) is 12.7. The number of aryl methyl sites for hydroxylation is 1. The largest absolute Gasteiger partial charge is 0.391 e. The van der Waals surface area contributed by atoms with Crippen molar-refractivity contribution < 1.29 is 4.84 Å². The zero-order valence-corrected chi connectivity index (χ0v) is 10.9. The normalized spacial score (nSPS) is 10.8. The highest BCUT2D eigenvalue weighted by molar-refractivity contribution is 6.30. The van der Waals surface area contributed by atoms with Gasteiger partial charge in [-0.25, -0.2) is 0 Å². The molecule has 0 aliphatic carbocycles. The van der Waals surface area contributed by atoms with Crippen molar-refractivity contribution >= 4 is 17.8 Å². The summed E-state index contributed by atoms with van der Waals surface area (Å²) in [6, 6.07) is 15.6. The summed E-state index contributed by atoms with van der Waals surface area (Å²) in [7, 11) is 0. The van der Waals surface area contributed by atoms with E-state index in [0.717, 1.165) is 11.1 Å². The van der Waals surface area contributed by atoms with Crippen molar-refractivity contribution in [2.75, 3.05) is 0 Å². The standard InChI is InChI=1S/C15H14ClNO/c1-12-3-2-4-14(9-12)11-18-17-10-13-5-7-15(16)8-6-13/h2-10H,11H2,1H3. The summed E-state index contributed by atoms with van der Waals surface area (Å²) in [6.07, 6.45) is 1.67. The molecule has 0 heterocycles. The lowest BCUT2D eigenvalue weighted by Crippen LogP contribution is -1.88. The van der Waals surface area contributed by atoms with Crippen LogP contribution in [0.25, 0.3) is 0 Å². The summed E-state index contributed by atoms with van der Waals surface area (Å²) in [4.78, 5) is 5.25. The van der Waals surface area contributed by atoms with Crippen molar-refractivity contribution in [2.24, 2.45) is 5.16 Å². The molecule has 2 aromatic carbocycles. The molecule has 2 nitrogen and oxygen atoms in total. The molecule has 2 aromatic rings. The third-order valence-corrected chi connectivity index (χ3v) is 2.71. The average Bonchev–Trinajstić information content (AvgIpc) is 2.37. The maximum atomic E-state index is 5.79. The minimum absolute atomic E-state index is 0.478. The van der Waals surface area contributed by atoms with Crippen LogP contribution < -0.4 is 0 Å².